The molecule has 11 aromatic carbocycles. The van der Waals surface area contributed by atoms with Crippen LogP contribution in [0.3, 0.4) is 0 Å². The molecule has 0 radical (unpaired) electrons. The minimum absolute atomic E-state index is 0.446. The fourth-order valence-electron chi connectivity index (χ4n) is 11.8. The van der Waals surface area contributed by atoms with Gasteiger partial charge in [0.15, 0.2) is 0 Å². The zero-order chi connectivity index (χ0) is 42.6. The lowest BCUT2D eigenvalue weighted by Crippen LogP contribution is -2.26. The van der Waals surface area contributed by atoms with Crippen molar-refractivity contribution in [2.75, 3.05) is 4.90 Å². The molecule has 0 atom stereocenters. The Hall–Kier alpha value is -8.46. The van der Waals surface area contributed by atoms with E-state index in [1.54, 1.807) is 0 Å². The Kier molecular flexibility index (Phi) is 7.64. The Bertz CT molecular complexity index is 3850. The molecule has 302 valence electrons. The van der Waals surface area contributed by atoms with Crippen molar-refractivity contribution in [3.8, 4) is 39.1 Å². The van der Waals surface area contributed by atoms with Crippen LogP contribution >= 0.6 is 0 Å². The number of rotatable bonds is 5. The first-order valence-corrected chi connectivity index (χ1v) is 22.6. The van der Waals surface area contributed by atoms with Crippen molar-refractivity contribution >= 4 is 60.4 Å². The van der Waals surface area contributed by atoms with E-state index in [0.717, 1.165) is 28.3 Å². The standard InChI is InChI=1S/C63H40N2/c1-3-19-42(20-4-1)53-39-44-22-9-10-25-48(44)62-60(53)52-37-36-47(40-59(52)65(62)46-35-34-41-18-7-8-21-43(41)38-46)64(45-23-5-2-6-24-45)58-33-17-32-57-61(58)51-28-13-16-31-56(51)63(57)54-29-14-11-26-49(54)50-27-12-15-30-55(50)63/h1-40H. The highest BCUT2D eigenvalue weighted by Crippen LogP contribution is 2.64. The number of nitrogens with zero attached hydrogens (tertiary/aromatic N) is 2. The lowest BCUT2D eigenvalue weighted by molar-refractivity contribution is 0.794. The molecule has 0 N–H and O–H groups in total. The largest absolute Gasteiger partial charge is 0.310 e. The second-order valence-corrected chi connectivity index (χ2v) is 17.6. The summed E-state index contributed by atoms with van der Waals surface area (Å²) in [5.41, 5.74) is 19.4. The second-order valence-electron chi connectivity index (χ2n) is 17.6. The van der Waals surface area contributed by atoms with Gasteiger partial charge in [0, 0.05) is 38.8 Å². The predicted octanol–water partition coefficient (Wildman–Crippen LogP) is 16.6. The molecule has 2 aliphatic rings. The summed E-state index contributed by atoms with van der Waals surface area (Å²) in [6.45, 7) is 0. The van der Waals surface area contributed by atoms with Gasteiger partial charge < -0.3 is 9.47 Å². The first kappa shape index (κ1) is 36.1. The highest BCUT2D eigenvalue weighted by molar-refractivity contribution is 6.24. The van der Waals surface area contributed by atoms with Crippen LogP contribution in [0.25, 0.3) is 82.4 Å². The summed E-state index contributed by atoms with van der Waals surface area (Å²) in [5, 5.41) is 7.37. The highest BCUT2D eigenvalue weighted by Gasteiger charge is 2.52. The summed E-state index contributed by atoms with van der Waals surface area (Å²) in [4.78, 5) is 2.50. The van der Waals surface area contributed by atoms with Crippen molar-refractivity contribution < 1.29 is 0 Å². The fourth-order valence-corrected chi connectivity index (χ4v) is 11.8. The van der Waals surface area contributed by atoms with Gasteiger partial charge in [-0.05, 0) is 115 Å². The maximum atomic E-state index is 2.53. The molecule has 1 spiro atoms. The van der Waals surface area contributed by atoms with E-state index >= 15 is 0 Å². The summed E-state index contributed by atoms with van der Waals surface area (Å²) in [5.74, 6) is 0. The number of aromatic nitrogens is 1. The Morgan fingerprint density at radius 3 is 1.71 bits per heavy atom. The number of anilines is 3. The van der Waals surface area contributed by atoms with E-state index in [1.807, 2.05) is 0 Å². The van der Waals surface area contributed by atoms with Crippen LogP contribution in [-0.2, 0) is 5.41 Å². The van der Waals surface area contributed by atoms with Crippen molar-refractivity contribution in [2.24, 2.45) is 0 Å². The molecule has 65 heavy (non-hydrogen) atoms. The van der Waals surface area contributed by atoms with Crippen molar-refractivity contribution in [3.63, 3.8) is 0 Å². The van der Waals surface area contributed by atoms with E-state index < -0.39 is 5.41 Å². The summed E-state index contributed by atoms with van der Waals surface area (Å²) >= 11 is 0. The van der Waals surface area contributed by atoms with E-state index in [-0.39, 0.29) is 0 Å². The first-order valence-electron chi connectivity index (χ1n) is 22.6. The molecule has 0 aliphatic heterocycles. The van der Waals surface area contributed by atoms with Gasteiger partial charge in [-0.1, -0.05) is 194 Å². The minimum atomic E-state index is -0.446. The van der Waals surface area contributed by atoms with Crippen LogP contribution in [0.5, 0.6) is 0 Å². The first-order chi connectivity index (χ1) is 32.3. The van der Waals surface area contributed by atoms with Crippen LogP contribution in [0.15, 0.2) is 243 Å². The van der Waals surface area contributed by atoms with Crippen LogP contribution < -0.4 is 4.90 Å². The summed E-state index contributed by atoms with van der Waals surface area (Å²) < 4.78 is 2.53. The van der Waals surface area contributed by atoms with Crippen molar-refractivity contribution in [1.82, 2.24) is 4.57 Å². The normalized spacial score (nSPS) is 13.0. The molecule has 0 fully saturated rings. The van der Waals surface area contributed by atoms with Gasteiger partial charge in [0.05, 0.1) is 22.1 Å². The SMILES string of the molecule is c1ccc(-c2cc3ccccc3c3c2c2ccc(N(c4ccccc4)c4cccc5c4-c4ccccc4C54c5ccccc5-c5ccccc54)cc2n3-c2ccc3ccccc3c2)cc1. The zero-order valence-electron chi connectivity index (χ0n) is 35.5. The highest BCUT2D eigenvalue weighted by atomic mass is 15.1. The summed E-state index contributed by atoms with van der Waals surface area (Å²) in [7, 11) is 0. The lowest BCUT2D eigenvalue weighted by atomic mass is 9.70. The molecule has 2 heteroatoms. The topological polar surface area (TPSA) is 8.17 Å². The van der Waals surface area contributed by atoms with Crippen molar-refractivity contribution in [2.45, 2.75) is 5.41 Å². The van der Waals surface area contributed by atoms with Crippen LogP contribution in [0.4, 0.5) is 17.1 Å². The molecule has 12 aromatic rings. The Morgan fingerprint density at radius 1 is 0.354 bits per heavy atom. The summed E-state index contributed by atoms with van der Waals surface area (Å²) in [6, 6.07) is 90.1. The molecule has 1 heterocycles. The third-order valence-corrected chi connectivity index (χ3v) is 14.3. The molecule has 2 nitrogen and oxygen atoms in total. The van der Waals surface area contributed by atoms with Gasteiger partial charge >= 0.3 is 0 Å². The Balaban J connectivity index is 1.09. The number of para-hydroxylation sites is 1. The molecule has 0 unspecified atom stereocenters. The van der Waals surface area contributed by atoms with E-state index in [1.165, 1.54) is 93.5 Å². The molecule has 0 bridgehead atoms. The maximum absolute atomic E-state index is 2.53. The van der Waals surface area contributed by atoms with E-state index in [2.05, 4.69) is 252 Å². The van der Waals surface area contributed by atoms with Gasteiger partial charge in [0.2, 0.25) is 0 Å². The Morgan fingerprint density at radius 2 is 0.954 bits per heavy atom. The van der Waals surface area contributed by atoms with Crippen LogP contribution in [0.1, 0.15) is 22.3 Å². The van der Waals surface area contributed by atoms with Crippen LogP contribution in [-0.4, -0.2) is 4.57 Å². The van der Waals surface area contributed by atoms with E-state index in [4.69, 9.17) is 0 Å². The van der Waals surface area contributed by atoms with Crippen LogP contribution in [0.2, 0.25) is 0 Å². The smallest absolute Gasteiger partial charge is 0.0726 e. The maximum Gasteiger partial charge on any atom is 0.0726 e. The van der Waals surface area contributed by atoms with Crippen molar-refractivity contribution in [3.05, 3.63) is 265 Å². The van der Waals surface area contributed by atoms with Gasteiger partial charge in [-0.2, -0.15) is 0 Å². The van der Waals surface area contributed by atoms with Gasteiger partial charge in [0.25, 0.3) is 0 Å². The predicted molar refractivity (Wildman–Crippen MR) is 272 cm³/mol. The molecule has 0 saturated heterocycles. The average molecular weight is 825 g/mol. The fraction of sp³-hybridized carbons (Fsp3) is 0.0159. The molecule has 2 aliphatic carbocycles. The quantitative estimate of drug-likeness (QED) is 0.168. The average Bonchev–Trinajstić information content (AvgIpc) is 3.99. The van der Waals surface area contributed by atoms with Gasteiger partial charge in [-0.25, -0.2) is 0 Å². The number of fused-ring (bicyclic) bond motifs is 16. The second kappa shape index (κ2) is 13.8. The van der Waals surface area contributed by atoms with Crippen LogP contribution in [0, 0.1) is 0 Å². The molecular weight excluding hydrogens is 785 g/mol. The molecule has 14 rings (SSSR count). The van der Waals surface area contributed by atoms with E-state index in [0.29, 0.717) is 0 Å². The molecular formula is C63H40N2. The van der Waals surface area contributed by atoms with Gasteiger partial charge in [0.1, 0.15) is 0 Å². The summed E-state index contributed by atoms with van der Waals surface area (Å²) in [6.07, 6.45) is 0. The monoisotopic (exact) mass is 824 g/mol. The van der Waals surface area contributed by atoms with E-state index in [9.17, 15) is 0 Å². The third kappa shape index (κ3) is 4.99. The zero-order valence-corrected chi connectivity index (χ0v) is 35.5. The minimum Gasteiger partial charge on any atom is -0.310 e. The number of hydrogen-bond acceptors (Lipinski definition) is 1. The number of benzene rings is 11. The molecule has 0 amide bonds. The molecule has 0 saturated carbocycles. The Labute approximate surface area is 377 Å². The molecule has 1 aromatic heterocycles. The third-order valence-electron chi connectivity index (χ3n) is 14.3. The van der Waals surface area contributed by atoms with Crippen molar-refractivity contribution in [1.29, 1.82) is 0 Å². The van der Waals surface area contributed by atoms with Gasteiger partial charge in [-0.15, -0.1) is 0 Å². The van der Waals surface area contributed by atoms with Gasteiger partial charge in [-0.3, -0.25) is 0 Å². The number of hydrogen-bond donors (Lipinski definition) is 0. The lowest BCUT2D eigenvalue weighted by Gasteiger charge is -2.31.